The monoisotopic (exact) mass is 284 g/mol. The lowest BCUT2D eigenvalue weighted by Gasteiger charge is -2.38. The molecule has 1 amide bonds. The van der Waals surface area contributed by atoms with Gasteiger partial charge in [-0.25, -0.2) is 0 Å². The Hall–Kier alpha value is -0.220. The number of nitrogens with one attached hydrogen (secondary N) is 2. The molecule has 2 N–H and O–H groups in total. The van der Waals surface area contributed by atoms with E-state index in [4.69, 9.17) is 0 Å². The first-order valence-corrected chi connectivity index (χ1v) is 9.03. The third-order valence-electron chi connectivity index (χ3n) is 5.01. The second kappa shape index (κ2) is 6.98. The van der Waals surface area contributed by atoms with Gasteiger partial charge in [-0.2, -0.15) is 11.8 Å². The molecule has 19 heavy (non-hydrogen) atoms. The number of piperidine rings is 1. The van der Waals surface area contributed by atoms with Crippen LogP contribution in [-0.2, 0) is 4.79 Å². The summed E-state index contributed by atoms with van der Waals surface area (Å²) >= 11 is 1.96. The molecular weight excluding hydrogens is 256 g/mol. The number of carbonyl (C=O) groups is 1. The second-order valence-electron chi connectivity index (χ2n) is 6.08. The van der Waals surface area contributed by atoms with Crippen molar-refractivity contribution in [2.45, 2.75) is 63.2 Å². The predicted octanol–water partition coefficient (Wildman–Crippen LogP) is 2.56. The maximum absolute atomic E-state index is 12.7. The first-order valence-electron chi connectivity index (χ1n) is 7.74. The van der Waals surface area contributed by atoms with Crippen LogP contribution in [0.2, 0.25) is 0 Å². The number of hydrogen-bond donors (Lipinski definition) is 2. The molecule has 1 aliphatic heterocycles. The lowest BCUT2D eigenvalue weighted by molar-refractivity contribution is -0.133. The van der Waals surface area contributed by atoms with Crippen LogP contribution in [-0.4, -0.2) is 36.5 Å². The van der Waals surface area contributed by atoms with Gasteiger partial charge < -0.3 is 10.6 Å². The first-order chi connectivity index (χ1) is 9.20. The summed E-state index contributed by atoms with van der Waals surface area (Å²) in [5.74, 6) is 0.322. The molecule has 1 heterocycles. The second-order valence-corrected chi connectivity index (χ2v) is 7.22. The van der Waals surface area contributed by atoms with Gasteiger partial charge in [-0.05, 0) is 57.9 Å². The van der Waals surface area contributed by atoms with Crippen molar-refractivity contribution in [1.82, 2.24) is 10.6 Å². The fraction of sp³-hybridized carbons (Fsp3) is 0.933. The number of hydrogen-bond acceptors (Lipinski definition) is 3. The van der Waals surface area contributed by atoms with E-state index in [1.165, 1.54) is 19.3 Å². The van der Waals surface area contributed by atoms with Crippen LogP contribution in [0.3, 0.4) is 0 Å². The molecule has 110 valence electrons. The normalized spacial score (nSPS) is 30.8. The minimum Gasteiger partial charge on any atom is -0.353 e. The average Bonchev–Trinajstić information content (AvgIpc) is 2.48. The van der Waals surface area contributed by atoms with Crippen LogP contribution < -0.4 is 10.6 Å². The highest BCUT2D eigenvalue weighted by atomic mass is 32.2. The van der Waals surface area contributed by atoms with Gasteiger partial charge in [0.2, 0.25) is 5.91 Å². The van der Waals surface area contributed by atoms with E-state index in [2.05, 4.69) is 23.8 Å². The van der Waals surface area contributed by atoms with Gasteiger partial charge in [0.25, 0.3) is 0 Å². The number of carbonyl (C=O) groups excluding carboxylic acids is 1. The first kappa shape index (κ1) is 15.2. The smallest absolute Gasteiger partial charge is 0.226 e. The van der Waals surface area contributed by atoms with Gasteiger partial charge in [-0.15, -0.1) is 0 Å². The molecule has 2 aliphatic rings. The van der Waals surface area contributed by atoms with Crippen molar-refractivity contribution in [3.05, 3.63) is 0 Å². The molecule has 2 atom stereocenters. The Morgan fingerprint density at radius 3 is 2.74 bits per heavy atom. The molecule has 0 aromatic rings. The predicted molar refractivity (Wildman–Crippen MR) is 82.5 cm³/mol. The summed E-state index contributed by atoms with van der Waals surface area (Å²) in [5.41, 5.74) is -0.0997. The Balaban J connectivity index is 1.91. The van der Waals surface area contributed by atoms with Crippen LogP contribution in [0.25, 0.3) is 0 Å². The van der Waals surface area contributed by atoms with Gasteiger partial charge in [0.1, 0.15) is 0 Å². The van der Waals surface area contributed by atoms with E-state index in [1.807, 2.05) is 11.8 Å². The SMILES string of the molecule is CCC1(C(=O)NC2CCCC(SC)C2)CCNCC1. The van der Waals surface area contributed by atoms with Gasteiger partial charge in [-0.3, -0.25) is 4.79 Å². The molecule has 0 bridgehead atoms. The highest BCUT2D eigenvalue weighted by molar-refractivity contribution is 7.99. The third kappa shape index (κ3) is 3.66. The fourth-order valence-electron chi connectivity index (χ4n) is 3.48. The number of amides is 1. The van der Waals surface area contributed by atoms with E-state index in [-0.39, 0.29) is 5.41 Å². The maximum Gasteiger partial charge on any atom is 0.226 e. The van der Waals surface area contributed by atoms with E-state index >= 15 is 0 Å². The minimum atomic E-state index is -0.0997. The Bertz CT molecular complexity index is 303. The van der Waals surface area contributed by atoms with Gasteiger partial charge in [0.05, 0.1) is 5.41 Å². The maximum atomic E-state index is 12.7. The van der Waals surface area contributed by atoms with Gasteiger partial charge in [0, 0.05) is 11.3 Å². The van der Waals surface area contributed by atoms with Crippen LogP contribution in [0.15, 0.2) is 0 Å². The highest BCUT2D eigenvalue weighted by Gasteiger charge is 2.38. The van der Waals surface area contributed by atoms with E-state index in [9.17, 15) is 4.79 Å². The Morgan fingerprint density at radius 2 is 2.11 bits per heavy atom. The summed E-state index contributed by atoms with van der Waals surface area (Å²) in [6, 6.07) is 0.414. The summed E-state index contributed by atoms with van der Waals surface area (Å²) in [5, 5.41) is 7.47. The zero-order valence-corrected chi connectivity index (χ0v) is 13.2. The van der Waals surface area contributed by atoms with Crippen molar-refractivity contribution >= 4 is 17.7 Å². The van der Waals surface area contributed by atoms with Crippen molar-refractivity contribution in [2.75, 3.05) is 19.3 Å². The van der Waals surface area contributed by atoms with Crippen LogP contribution in [0, 0.1) is 5.41 Å². The standard InChI is InChI=1S/C15H28N2OS/c1-3-15(7-9-16-10-8-15)14(18)17-12-5-4-6-13(11-12)19-2/h12-13,16H,3-11H2,1-2H3,(H,17,18). The fourth-order valence-corrected chi connectivity index (χ4v) is 4.30. The molecule has 1 aliphatic carbocycles. The zero-order valence-electron chi connectivity index (χ0n) is 12.3. The Labute approximate surface area is 121 Å². The quantitative estimate of drug-likeness (QED) is 0.833. The molecule has 1 saturated heterocycles. The molecule has 3 nitrogen and oxygen atoms in total. The molecule has 0 aromatic carbocycles. The van der Waals surface area contributed by atoms with E-state index in [1.54, 1.807) is 0 Å². The number of thioether (sulfide) groups is 1. The van der Waals surface area contributed by atoms with E-state index in [0.717, 1.165) is 44.0 Å². The molecule has 0 aromatic heterocycles. The van der Waals surface area contributed by atoms with Crippen molar-refractivity contribution in [3.63, 3.8) is 0 Å². The number of rotatable bonds is 4. The van der Waals surface area contributed by atoms with Gasteiger partial charge in [0.15, 0.2) is 0 Å². The molecule has 2 unspecified atom stereocenters. The van der Waals surface area contributed by atoms with Crippen LogP contribution in [0.1, 0.15) is 51.9 Å². The summed E-state index contributed by atoms with van der Waals surface area (Å²) in [4.78, 5) is 12.7. The molecule has 4 heteroatoms. The molecule has 0 radical (unpaired) electrons. The highest BCUT2D eigenvalue weighted by Crippen LogP contribution is 2.34. The lowest BCUT2D eigenvalue weighted by Crippen LogP contribution is -2.51. The molecule has 1 saturated carbocycles. The lowest BCUT2D eigenvalue weighted by atomic mass is 9.75. The van der Waals surface area contributed by atoms with Crippen LogP contribution >= 0.6 is 11.8 Å². The molecule has 0 spiro atoms. The van der Waals surface area contributed by atoms with Crippen LogP contribution in [0.5, 0.6) is 0 Å². The molecule has 2 fully saturated rings. The van der Waals surface area contributed by atoms with Gasteiger partial charge >= 0.3 is 0 Å². The summed E-state index contributed by atoms with van der Waals surface area (Å²) in [6.07, 6.45) is 10.1. The average molecular weight is 284 g/mol. The molecular formula is C15H28N2OS. The van der Waals surface area contributed by atoms with Crippen LogP contribution in [0.4, 0.5) is 0 Å². The Kier molecular flexibility index (Phi) is 5.58. The van der Waals surface area contributed by atoms with Crippen molar-refractivity contribution in [1.29, 1.82) is 0 Å². The summed E-state index contributed by atoms with van der Waals surface area (Å²) in [7, 11) is 0. The minimum absolute atomic E-state index is 0.0997. The Morgan fingerprint density at radius 1 is 1.37 bits per heavy atom. The third-order valence-corrected chi connectivity index (χ3v) is 6.11. The summed E-state index contributed by atoms with van der Waals surface area (Å²) in [6.45, 7) is 4.13. The van der Waals surface area contributed by atoms with E-state index < -0.39 is 0 Å². The van der Waals surface area contributed by atoms with Gasteiger partial charge in [-0.1, -0.05) is 13.3 Å². The molecule has 2 rings (SSSR count). The summed E-state index contributed by atoms with van der Waals surface area (Å²) < 4.78 is 0. The largest absolute Gasteiger partial charge is 0.353 e. The van der Waals surface area contributed by atoms with Crippen molar-refractivity contribution in [3.8, 4) is 0 Å². The zero-order chi connectivity index (χ0) is 13.7. The van der Waals surface area contributed by atoms with Crippen molar-refractivity contribution in [2.24, 2.45) is 5.41 Å². The van der Waals surface area contributed by atoms with E-state index in [0.29, 0.717) is 11.9 Å². The topological polar surface area (TPSA) is 41.1 Å². The van der Waals surface area contributed by atoms with Crippen molar-refractivity contribution < 1.29 is 4.79 Å².